The second kappa shape index (κ2) is 2.15. The molecule has 1 aliphatic rings. The lowest BCUT2D eigenvalue weighted by molar-refractivity contribution is -0.119. The molecule has 1 atom stereocenters. The van der Waals surface area contributed by atoms with Gasteiger partial charge in [0.15, 0.2) is 12.1 Å². The van der Waals surface area contributed by atoms with E-state index in [1.165, 1.54) is 11.5 Å². The van der Waals surface area contributed by atoms with E-state index in [2.05, 4.69) is 0 Å². The van der Waals surface area contributed by atoms with Gasteiger partial charge in [-0.3, -0.25) is 9.59 Å². The molecule has 0 bridgehead atoms. The summed E-state index contributed by atoms with van der Waals surface area (Å²) in [4.78, 5) is 20.8. The summed E-state index contributed by atoms with van der Waals surface area (Å²) in [6.07, 6.45) is 1.74. The van der Waals surface area contributed by atoms with Crippen molar-refractivity contribution in [2.45, 2.75) is 4.21 Å². The molecule has 1 rings (SSSR count). The van der Waals surface area contributed by atoms with Crippen LogP contribution in [0.5, 0.6) is 0 Å². The Morgan fingerprint density at radius 3 is 2.67 bits per heavy atom. The smallest absolute Gasteiger partial charge is 0.210 e. The number of thioether (sulfide) groups is 1. The molecule has 0 aromatic carbocycles. The molecule has 0 N–H and O–H groups in total. The summed E-state index contributed by atoms with van der Waals surface area (Å²) in [7, 11) is 0. The van der Waals surface area contributed by atoms with Crippen LogP contribution in [0, 0.1) is 0 Å². The summed E-state index contributed by atoms with van der Waals surface area (Å²) in [5.41, 5.74) is 0. The Morgan fingerprint density at radius 2 is 2.44 bits per heavy atom. The molecule has 0 aliphatic carbocycles. The van der Waals surface area contributed by atoms with Crippen LogP contribution in [-0.4, -0.2) is 16.3 Å². The number of alkyl halides is 1. The van der Waals surface area contributed by atoms with Crippen molar-refractivity contribution in [2.24, 2.45) is 0 Å². The fraction of sp³-hybridized carbons (Fsp3) is 0.200. The summed E-state index contributed by atoms with van der Waals surface area (Å²) in [6, 6.07) is 0. The zero-order valence-electron chi connectivity index (χ0n) is 4.33. The van der Waals surface area contributed by atoms with E-state index < -0.39 is 4.21 Å². The predicted molar refractivity (Wildman–Crippen MR) is 36.4 cm³/mol. The molecule has 0 aromatic heterocycles. The van der Waals surface area contributed by atoms with Crippen LogP contribution in [0.25, 0.3) is 0 Å². The molecule has 0 spiro atoms. The topological polar surface area (TPSA) is 34.1 Å². The van der Waals surface area contributed by atoms with E-state index >= 15 is 0 Å². The third-order valence-electron chi connectivity index (χ3n) is 0.947. The minimum absolute atomic E-state index is 0.343. The van der Waals surface area contributed by atoms with Crippen LogP contribution < -0.4 is 0 Å². The van der Waals surface area contributed by atoms with Gasteiger partial charge in [0, 0.05) is 0 Å². The summed E-state index contributed by atoms with van der Waals surface area (Å²) in [5, 5.41) is 1.52. The van der Waals surface area contributed by atoms with E-state index in [0.29, 0.717) is 6.29 Å². The molecular weight excluding hydrogens is 160 g/mol. The Morgan fingerprint density at radius 1 is 1.78 bits per heavy atom. The SMILES string of the molecule is O=CC1(Cl)SC=CC1=O. The highest BCUT2D eigenvalue weighted by atomic mass is 35.5. The number of carbonyl (C=O) groups excluding carboxylic acids is 2. The van der Waals surface area contributed by atoms with E-state index in [1.54, 1.807) is 0 Å². The summed E-state index contributed by atoms with van der Waals surface area (Å²) < 4.78 is -1.35. The number of rotatable bonds is 1. The number of ketones is 1. The minimum Gasteiger partial charge on any atom is -0.300 e. The largest absolute Gasteiger partial charge is 0.300 e. The van der Waals surface area contributed by atoms with E-state index in [9.17, 15) is 9.59 Å². The normalized spacial score (nSPS) is 33.2. The first kappa shape index (κ1) is 6.83. The molecule has 0 aromatic rings. The highest BCUT2D eigenvalue weighted by Crippen LogP contribution is 2.35. The maximum absolute atomic E-state index is 10.7. The van der Waals surface area contributed by atoms with E-state index in [4.69, 9.17) is 11.6 Å². The van der Waals surface area contributed by atoms with Crippen LogP contribution in [0.15, 0.2) is 11.5 Å². The maximum atomic E-state index is 10.7. The molecule has 0 saturated heterocycles. The van der Waals surface area contributed by atoms with Crippen LogP contribution in [0.3, 0.4) is 0 Å². The van der Waals surface area contributed by atoms with Gasteiger partial charge in [0.05, 0.1) is 0 Å². The molecule has 0 fully saturated rings. The van der Waals surface area contributed by atoms with E-state index in [0.717, 1.165) is 11.8 Å². The van der Waals surface area contributed by atoms with Crippen molar-refractivity contribution in [1.29, 1.82) is 0 Å². The molecule has 0 saturated carbocycles. The number of halogens is 1. The first-order valence-electron chi connectivity index (χ1n) is 2.23. The molecule has 1 heterocycles. The van der Waals surface area contributed by atoms with Gasteiger partial charge >= 0.3 is 0 Å². The summed E-state index contributed by atoms with van der Waals surface area (Å²) >= 11 is 6.51. The second-order valence-electron chi connectivity index (χ2n) is 1.55. The van der Waals surface area contributed by atoms with Gasteiger partial charge in [0.1, 0.15) is 0 Å². The Hall–Kier alpha value is -0.280. The van der Waals surface area contributed by atoms with Gasteiger partial charge in [-0.2, -0.15) is 0 Å². The molecule has 9 heavy (non-hydrogen) atoms. The highest BCUT2D eigenvalue weighted by Gasteiger charge is 2.37. The first-order chi connectivity index (χ1) is 4.19. The van der Waals surface area contributed by atoms with Gasteiger partial charge in [-0.1, -0.05) is 23.4 Å². The first-order valence-corrected chi connectivity index (χ1v) is 3.49. The van der Waals surface area contributed by atoms with Crippen molar-refractivity contribution in [3.05, 3.63) is 11.5 Å². The van der Waals surface area contributed by atoms with Gasteiger partial charge in [0.2, 0.25) is 4.21 Å². The van der Waals surface area contributed by atoms with Crippen LogP contribution in [0.2, 0.25) is 0 Å². The number of allylic oxidation sites excluding steroid dienone is 1. The predicted octanol–water partition coefficient (Wildman–Crippen LogP) is 0.950. The standard InChI is InChI=1S/C5H3ClO2S/c6-5(3-7)4(8)1-2-9-5/h1-3H. The lowest BCUT2D eigenvalue weighted by atomic mass is 10.3. The Bertz CT molecular complexity index is 189. The van der Waals surface area contributed by atoms with Crippen molar-refractivity contribution in [3.63, 3.8) is 0 Å². The Balaban J connectivity index is 2.86. The van der Waals surface area contributed by atoms with Crippen LogP contribution in [0.1, 0.15) is 0 Å². The molecule has 2 nitrogen and oxygen atoms in total. The van der Waals surface area contributed by atoms with Gasteiger partial charge in [-0.05, 0) is 11.5 Å². The van der Waals surface area contributed by atoms with E-state index in [-0.39, 0.29) is 5.78 Å². The van der Waals surface area contributed by atoms with Gasteiger partial charge < -0.3 is 0 Å². The zero-order chi connectivity index (χ0) is 6.91. The van der Waals surface area contributed by atoms with Crippen LogP contribution in [0.4, 0.5) is 0 Å². The number of carbonyl (C=O) groups is 2. The fourth-order valence-electron chi connectivity index (χ4n) is 0.452. The van der Waals surface area contributed by atoms with Crippen LogP contribution in [-0.2, 0) is 9.59 Å². The number of hydrogen-bond acceptors (Lipinski definition) is 3. The van der Waals surface area contributed by atoms with Crippen molar-refractivity contribution in [1.82, 2.24) is 0 Å². The number of hydrogen-bond donors (Lipinski definition) is 0. The van der Waals surface area contributed by atoms with E-state index in [1.807, 2.05) is 0 Å². The molecule has 0 radical (unpaired) electrons. The molecular formula is C5H3ClO2S. The average molecular weight is 163 g/mol. The highest BCUT2D eigenvalue weighted by molar-refractivity contribution is 8.06. The van der Waals surface area contributed by atoms with Crippen molar-refractivity contribution in [3.8, 4) is 0 Å². The monoisotopic (exact) mass is 162 g/mol. The van der Waals surface area contributed by atoms with Crippen molar-refractivity contribution in [2.75, 3.05) is 0 Å². The average Bonchev–Trinajstić information content (AvgIpc) is 2.15. The van der Waals surface area contributed by atoms with Crippen molar-refractivity contribution < 1.29 is 9.59 Å². The van der Waals surface area contributed by atoms with Gasteiger partial charge in [-0.15, -0.1) is 0 Å². The fourth-order valence-corrected chi connectivity index (χ4v) is 1.30. The summed E-state index contributed by atoms with van der Waals surface area (Å²) in [5.74, 6) is -0.343. The quantitative estimate of drug-likeness (QED) is 0.327. The second-order valence-corrected chi connectivity index (χ2v) is 3.52. The van der Waals surface area contributed by atoms with Crippen molar-refractivity contribution >= 4 is 35.4 Å². The van der Waals surface area contributed by atoms with Gasteiger partial charge in [0.25, 0.3) is 0 Å². The Kier molecular flexibility index (Phi) is 1.64. The Labute approximate surface area is 61.3 Å². The number of aldehydes is 1. The molecule has 0 amide bonds. The van der Waals surface area contributed by atoms with Crippen LogP contribution >= 0.6 is 23.4 Å². The third kappa shape index (κ3) is 1.02. The molecule has 1 aliphatic heterocycles. The molecule has 48 valence electrons. The third-order valence-corrected chi connectivity index (χ3v) is 2.40. The summed E-state index contributed by atoms with van der Waals surface area (Å²) in [6.45, 7) is 0. The lowest BCUT2D eigenvalue weighted by Crippen LogP contribution is -2.24. The maximum Gasteiger partial charge on any atom is 0.210 e. The minimum atomic E-state index is -1.35. The molecule has 1 unspecified atom stereocenters. The lowest BCUT2D eigenvalue weighted by Gasteiger charge is -2.06. The molecule has 4 heteroatoms. The zero-order valence-corrected chi connectivity index (χ0v) is 5.91. The van der Waals surface area contributed by atoms with Gasteiger partial charge in [-0.25, -0.2) is 0 Å².